The van der Waals surface area contributed by atoms with Crippen LogP contribution in [0.2, 0.25) is 0 Å². The summed E-state index contributed by atoms with van der Waals surface area (Å²) in [7, 11) is 0. The van der Waals surface area contributed by atoms with Crippen molar-refractivity contribution in [3.8, 4) is 22.6 Å². The van der Waals surface area contributed by atoms with Crippen LogP contribution in [0.15, 0.2) is 36.5 Å². The Morgan fingerprint density at radius 3 is 2.65 bits per heavy atom. The minimum absolute atomic E-state index is 0.0382. The summed E-state index contributed by atoms with van der Waals surface area (Å²) in [5.41, 5.74) is 7.61. The second kappa shape index (κ2) is 9.06. The van der Waals surface area contributed by atoms with Crippen LogP contribution < -0.4 is 11.1 Å². The highest BCUT2D eigenvalue weighted by atomic mass is 19.1. The fourth-order valence-corrected chi connectivity index (χ4v) is 3.16. The van der Waals surface area contributed by atoms with Crippen molar-refractivity contribution in [2.45, 2.75) is 13.2 Å². The molecule has 31 heavy (non-hydrogen) atoms. The molecule has 3 aromatic rings. The third kappa shape index (κ3) is 4.72. The number of rotatable bonds is 7. The summed E-state index contributed by atoms with van der Waals surface area (Å²) in [5, 5.41) is 12.6. The van der Waals surface area contributed by atoms with E-state index >= 15 is 0 Å². The third-order valence-electron chi connectivity index (χ3n) is 4.95. The van der Waals surface area contributed by atoms with Crippen LogP contribution >= 0.6 is 0 Å². The number of halogens is 1. The predicted molar refractivity (Wildman–Crippen MR) is 112 cm³/mol. The lowest BCUT2D eigenvalue weighted by Gasteiger charge is -2.35. The number of anilines is 1. The highest BCUT2D eigenvalue weighted by Gasteiger charge is 2.34. The number of hydrogen-bond acceptors (Lipinski definition) is 8. The minimum Gasteiger partial charge on any atom is -0.396 e. The Kier molecular flexibility index (Phi) is 6.23. The highest BCUT2D eigenvalue weighted by Crippen LogP contribution is 2.35. The highest BCUT2D eigenvalue weighted by molar-refractivity contribution is 5.77. The zero-order chi connectivity index (χ0) is 21.8. The first kappa shape index (κ1) is 21.3. The van der Waals surface area contributed by atoms with E-state index in [1.54, 1.807) is 24.4 Å². The van der Waals surface area contributed by atoms with Gasteiger partial charge in [-0.1, -0.05) is 6.92 Å². The number of aromatic nitrogens is 4. The number of ether oxygens (including phenoxy) is 2. The molecule has 0 unspecified atom stereocenters. The van der Waals surface area contributed by atoms with Crippen molar-refractivity contribution < 1.29 is 19.0 Å². The van der Waals surface area contributed by atoms with Gasteiger partial charge < -0.3 is 30.6 Å². The zero-order valence-electron chi connectivity index (χ0n) is 17.1. The van der Waals surface area contributed by atoms with Crippen molar-refractivity contribution >= 4 is 5.95 Å². The quantitative estimate of drug-likeness (QED) is 0.450. The Morgan fingerprint density at radius 1 is 1.23 bits per heavy atom. The summed E-state index contributed by atoms with van der Waals surface area (Å²) >= 11 is 0. The van der Waals surface area contributed by atoms with Gasteiger partial charge in [0.05, 0.1) is 36.9 Å². The molecule has 0 aliphatic carbocycles. The van der Waals surface area contributed by atoms with E-state index in [1.165, 1.54) is 12.1 Å². The fraction of sp³-hybridized carbons (Fsp3) is 0.381. The van der Waals surface area contributed by atoms with Gasteiger partial charge in [-0.25, -0.2) is 19.3 Å². The molecule has 164 valence electrons. The number of benzene rings is 1. The van der Waals surface area contributed by atoms with Crippen LogP contribution in [-0.2, 0) is 9.47 Å². The first-order valence-electron chi connectivity index (χ1n) is 9.98. The average Bonchev–Trinajstić information content (AvgIpc) is 3.24. The molecule has 1 saturated heterocycles. The Morgan fingerprint density at radius 2 is 1.97 bits per heavy atom. The number of hydrogen-bond donors (Lipinski definition) is 4. The molecule has 1 aliphatic heterocycles. The van der Waals surface area contributed by atoms with Crippen LogP contribution in [-0.4, -0.2) is 58.0 Å². The van der Waals surface area contributed by atoms with E-state index in [1.807, 2.05) is 6.92 Å². The molecule has 3 heterocycles. The predicted octanol–water partition coefficient (Wildman–Crippen LogP) is 2.09. The lowest BCUT2D eigenvalue weighted by molar-refractivity contribution is -0.239. The van der Waals surface area contributed by atoms with Crippen molar-refractivity contribution in [3.05, 3.63) is 48.2 Å². The van der Waals surface area contributed by atoms with Gasteiger partial charge in [0.15, 0.2) is 5.82 Å². The van der Waals surface area contributed by atoms with E-state index in [-0.39, 0.29) is 12.4 Å². The molecule has 1 aliphatic rings. The van der Waals surface area contributed by atoms with Crippen molar-refractivity contribution in [1.82, 2.24) is 19.9 Å². The molecule has 5 N–H and O–H groups in total. The monoisotopic (exact) mass is 428 g/mol. The van der Waals surface area contributed by atoms with Gasteiger partial charge in [0.2, 0.25) is 12.2 Å². The molecule has 0 atom stereocenters. The lowest BCUT2D eigenvalue weighted by atomic mass is 9.94. The van der Waals surface area contributed by atoms with Crippen LogP contribution in [0.5, 0.6) is 0 Å². The van der Waals surface area contributed by atoms with Gasteiger partial charge in [-0.15, -0.1) is 0 Å². The smallest absolute Gasteiger partial charge is 0.223 e. The van der Waals surface area contributed by atoms with Gasteiger partial charge >= 0.3 is 0 Å². The fourth-order valence-electron chi connectivity index (χ4n) is 3.16. The van der Waals surface area contributed by atoms with Crippen LogP contribution in [0.4, 0.5) is 10.3 Å². The number of aliphatic hydroxyl groups is 1. The molecule has 1 fully saturated rings. The lowest BCUT2D eigenvalue weighted by Crippen LogP contribution is -2.39. The molecule has 4 rings (SSSR count). The minimum atomic E-state index is -0.718. The van der Waals surface area contributed by atoms with Crippen LogP contribution in [0.1, 0.15) is 19.0 Å². The van der Waals surface area contributed by atoms with Gasteiger partial charge in [-0.2, -0.15) is 0 Å². The first-order chi connectivity index (χ1) is 15.0. The Labute approximate surface area is 178 Å². The van der Waals surface area contributed by atoms with E-state index in [2.05, 4.69) is 25.3 Å². The number of imidazole rings is 1. The number of aromatic amines is 1. The maximum Gasteiger partial charge on any atom is 0.223 e. The summed E-state index contributed by atoms with van der Waals surface area (Å²) in [6, 6.07) is 7.81. The topological polar surface area (TPSA) is 131 Å². The standard InChI is InChI=1S/C21H25FN6O3/c1-21(10-29)11-30-19(31-12-21)18-27-16(13-2-4-14(22)5-3-13)17(28-18)15-6-8-24-20(26-15)25-9-7-23/h2-6,8,19,29H,7,9-12,23H2,1H3,(H,27,28)(H,24,25,26). The van der Waals surface area contributed by atoms with Gasteiger partial charge in [0, 0.05) is 30.3 Å². The SMILES string of the molecule is CC1(CO)COC(c2nc(-c3ccc(F)cc3)c(-c3ccnc(NCCN)n3)[nH]2)OC1. The van der Waals surface area contributed by atoms with E-state index < -0.39 is 11.7 Å². The van der Waals surface area contributed by atoms with E-state index in [9.17, 15) is 9.50 Å². The third-order valence-corrected chi connectivity index (χ3v) is 4.95. The largest absolute Gasteiger partial charge is 0.396 e. The summed E-state index contributed by atoms with van der Waals surface area (Å²) < 4.78 is 25.1. The zero-order valence-corrected chi connectivity index (χ0v) is 17.1. The molecule has 0 amide bonds. The van der Waals surface area contributed by atoms with E-state index in [0.29, 0.717) is 60.7 Å². The molecule has 9 nitrogen and oxygen atoms in total. The Balaban J connectivity index is 1.71. The Bertz CT molecular complexity index is 1020. The van der Waals surface area contributed by atoms with Gasteiger partial charge in [0.1, 0.15) is 5.82 Å². The van der Waals surface area contributed by atoms with Crippen LogP contribution in [0, 0.1) is 11.2 Å². The molecular formula is C21H25FN6O3. The molecule has 10 heteroatoms. The van der Waals surface area contributed by atoms with Gasteiger partial charge in [0.25, 0.3) is 0 Å². The van der Waals surface area contributed by atoms with E-state index in [4.69, 9.17) is 15.2 Å². The van der Waals surface area contributed by atoms with Crippen molar-refractivity contribution in [1.29, 1.82) is 0 Å². The second-order valence-corrected chi connectivity index (χ2v) is 7.76. The first-order valence-corrected chi connectivity index (χ1v) is 9.98. The number of nitrogens with one attached hydrogen (secondary N) is 2. The van der Waals surface area contributed by atoms with Crippen LogP contribution in [0.3, 0.4) is 0 Å². The maximum atomic E-state index is 13.5. The molecule has 2 aromatic heterocycles. The summed E-state index contributed by atoms with van der Waals surface area (Å²) in [4.78, 5) is 16.7. The van der Waals surface area contributed by atoms with E-state index in [0.717, 1.165) is 0 Å². The second-order valence-electron chi connectivity index (χ2n) is 7.76. The van der Waals surface area contributed by atoms with Crippen molar-refractivity contribution in [2.75, 3.05) is 38.2 Å². The molecule has 0 radical (unpaired) electrons. The average molecular weight is 428 g/mol. The van der Waals surface area contributed by atoms with Crippen molar-refractivity contribution in [3.63, 3.8) is 0 Å². The number of nitrogens with zero attached hydrogens (tertiary/aromatic N) is 3. The summed E-state index contributed by atoms with van der Waals surface area (Å²) in [5.74, 6) is 0.566. The normalized spacial score (nSPS) is 21.2. The molecular weight excluding hydrogens is 403 g/mol. The maximum absolute atomic E-state index is 13.5. The number of aliphatic hydroxyl groups excluding tert-OH is 1. The number of nitrogens with two attached hydrogens (primary N) is 1. The van der Waals surface area contributed by atoms with Crippen molar-refractivity contribution in [2.24, 2.45) is 11.1 Å². The Hall–Kier alpha value is -2.92. The molecule has 0 saturated carbocycles. The van der Waals surface area contributed by atoms with Gasteiger partial charge in [-0.05, 0) is 30.3 Å². The van der Waals surface area contributed by atoms with Crippen LogP contribution in [0.25, 0.3) is 22.6 Å². The van der Waals surface area contributed by atoms with Gasteiger partial charge in [-0.3, -0.25) is 0 Å². The molecule has 1 aromatic carbocycles. The molecule has 0 bridgehead atoms. The number of H-pyrrole nitrogens is 1. The molecule has 0 spiro atoms. The summed E-state index contributed by atoms with van der Waals surface area (Å²) in [6.45, 7) is 3.50. The summed E-state index contributed by atoms with van der Waals surface area (Å²) in [6.07, 6.45) is 0.917.